The lowest BCUT2D eigenvalue weighted by molar-refractivity contribution is -0.131. The molecule has 2 aliphatic heterocycles. The van der Waals surface area contributed by atoms with E-state index in [1.54, 1.807) is 12.0 Å². The molecule has 2 amide bonds. The average Bonchev–Trinajstić information content (AvgIpc) is 3.11. The number of amides is 2. The second-order valence-corrected chi connectivity index (χ2v) is 7.68. The third-order valence-corrected chi connectivity index (χ3v) is 5.62. The fraction of sp³-hybridized carbons (Fsp3) is 0.619. The number of carbonyl (C=O) groups is 2. The molecule has 0 spiro atoms. The minimum absolute atomic E-state index is 0.0232. The average molecular weight is 389 g/mol. The monoisotopic (exact) mass is 389 g/mol. The zero-order valence-electron chi connectivity index (χ0n) is 16.9. The highest BCUT2D eigenvalue weighted by Crippen LogP contribution is 2.21. The second kappa shape index (κ2) is 9.78. The molecule has 7 nitrogen and oxygen atoms in total. The molecule has 0 aliphatic carbocycles. The van der Waals surface area contributed by atoms with Crippen LogP contribution in [0.5, 0.6) is 5.75 Å². The van der Waals surface area contributed by atoms with E-state index in [0.29, 0.717) is 19.1 Å². The number of likely N-dealkylation sites (N-methyl/N-ethyl adjacent to an activating group) is 1. The highest BCUT2D eigenvalue weighted by molar-refractivity contribution is 5.82. The van der Waals surface area contributed by atoms with Crippen LogP contribution in [0.3, 0.4) is 0 Å². The van der Waals surface area contributed by atoms with E-state index < -0.39 is 0 Å². The summed E-state index contributed by atoms with van der Waals surface area (Å²) in [6.45, 7) is 4.81. The van der Waals surface area contributed by atoms with Gasteiger partial charge in [0, 0.05) is 26.7 Å². The van der Waals surface area contributed by atoms with Gasteiger partial charge in [-0.05, 0) is 43.4 Å². The van der Waals surface area contributed by atoms with E-state index in [1.165, 1.54) is 10.5 Å². The van der Waals surface area contributed by atoms with E-state index in [0.717, 1.165) is 51.2 Å². The molecule has 0 saturated carbocycles. The number of hydrogen-bond donors (Lipinski definition) is 0. The van der Waals surface area contributed by atoms with Gasteiger partial charge >= 0.3 is 6.09 Å². The summed E-state index contributed by atoms with van der Waals surface area (Å²) in [5, 5.41) is 0. The first kappa shape index (κ1) is 20.5. The first-order valence-electron chi connectivity index (χ1n) is 10.1. The molecule has 0 radical (unpaired) electrons. The lowest BCUT2D eigenvalue weighted by atomic mass is 9.97. The molecule has 2 heterocycles. The molecule has 1 aromatic rings. The van der Waals surface area contributed by atoms with E-state index in [1.807, 2.05) is 25.2 Å². The van der Waals surface area contributed by atoms with Gasteiger partial charge in [0.2, 0.25) is 5.91 Å². The number of carbonyl (C=O) groups excluding carboxylic acids is 2. The highest BCUT2D eigenvalue weighted by atomic mass is 16.6. The van der Waals surface area contributed by atoms with Crippen molar-refractivity contribution in [1.29, 1.82) is 0 Å². The quantitative estimate of drug-likeness (QED) is 0.679. The van der Waals surface area contributed by atoms with Gasteiger partial charge in [-0.15, -0.1) is 0 Å². The normalized spacial score (nSPS) is 20.1. The maximum atomic E-state index is 12.4. The van der Waals surface area contributed by atoms with Gasteiger partial charge < -0.3 is 19.3 Å². The number of rotatable bonds is 8. The summed E-state index contributed by atoms with van der Waals surface area (Å²) >= 11 is 0. The van der Waals surface area contributed by atoms with Gasteiger partial charge in [0.05, 0.1) is 13.7 Å². The molecule has 3 rings (SSSR count). The number of cyclic esters (lactones) is 1. The molecule has 1 atom stereocenters. The van der Waals surface area contributed by atoms with Gasteiger partial charge in [0.15, 0.2) is 0 Å². The Morgan fingerprint density at radius 2 is 2.14 bits per heavy atom. The van der Waals surface area contributed by atoms with Crippen molar-refractivity contribution in [2.24, 2.45) is 5.92 Å². The van der Waals surface area contributed by atoms with E-state index in [9.17, 15) is 9.59 Å². The van der Waals surface area contributed by atoms with E-state index in [4.69, 9.17) is 9.47 Å². The first-order chi connectivity index (χ1) is 13.6. The summed E-state index contributed by atoms with van der Waals surface area (Å²) in [7, 11) is 3.54. The number of benzene rings is 1. The van der Waals surface area contributed by atoms with Crippen molar-refractivity contribution in [3.8, 4) is 5.75 Å². The molecule has 7 heteroatoms. The third kappa shape index (κ3) is 5.38. The van der Waals surface area contributed by atoms with Crippen LogP contribution >= 0.6 is 0 Å². The van der Waals surface area contributed by atoms with Gasteiger partial charge in [-0.3, -0.25) is 9.69 Å². The number of ether oxygens (including phenoxy) is 2. The molecule has 2 saturated heterocycles. The molecule has 0 bridgehead atoms. The Bertz CT molecular complexity index is 681. The number of methoxy groups -OCH3 is 1. The maximum absolute atomic E-state index is 12.4. The van der Waals surface area contributed by atoms with Crippen molar-refractivity contribution in [3.05, 3.63) is 29.8 Å². The van der Waals surface area contributed by atoms with E-state index in [2.05, 4.69) is 11.0 Å². The molecule has 0 aromatic heterocycles. The summed E-state index contributed by atoms with van der Waals surface area (Å²) in [4.78, 5) is 29.7. The standard InChI is InChI=1S/C21H31N3O4/c1-22(20(25)16-24-12-13-28-21(24)26)14-17-6-5-10-23(15-17)11-9-18-7-3-4-8-19(18)27-2/h3-4,7-8,17H,5-6,9-16H2,1-2H3/t17-/m1/s1. The molecule has 154 valence electrons. The van der Waals surface area contributed by atoms with Crippen molar-refractivity contribution < 1.29 is 19.1 Å². The molecule has 28 heavy (non-hydrogen) atoms. The smallest absolute Gasteiger partial charge is 0.410 e. The number of para-hydroxylation sites is 1. The lowest BCUT2D eigenvalue weighted by Crippen LogP contribution is -2.44. The second-order valence-electron chi connectivity index (χ2n) is 7.68. The van der Waals surface area contributed by atoms with Crippen LogP contribution in [-0.4, -0.2) is 86.7 Å². The van der Waals surface area contributed by atoms with Crippen LogP contribution in [0.1, 0.15) is 18.4 Å². The van der Waals surface area contributed by atoms with Crippen LogP contribution in [0.25, 0.3) is 0 Å². The van der Waals surface area contributed by atoms with Crippen LogP contribution in [0.2, 0.25) is 0 Å². The zero-order valence-corrected chi connectivity index (χ0v) is 16.9. The topological polar surface area (TPSA) is 62.3 Å². The van der Waals surface area contributed by atoms with Gasteiger partial charge in [-0.2, -0.15) is 0 Å². The Kier molecular flexibility index (Phi) is 7.14. The molecule has 1 aromatic carbocycles. The van der Waals surface area contributed by atoms with Gasteiger partial charge in [-0.25, -0.2) is 4.79 Å². The van der Waals surface area contributed by atoms with Crippen molar-refractivity contribution in [1.82, 2.24) is 14.7 Å². The first-order valence-corrected chi connectivity index (χ1v) is 10.1. The minimum Gasteiger partial charge on any atom is -0.496 e. The van der Waals surface area contributed by atoms with Crippen molar-refractivity contribution in [2.75, 3.05) is 60.0 Å². The SMILES string of the molecule is COc1ccccc1CCN1CCC[C@H](CN(C)C(=O)CN2CCOC2=O)C1. The lowest BCUT2D eigenvalue weighted by Gasteiger charge is -2.35. The predicted octanol–water partition coefficient (Wildman–Crippen LogP) is 1.86. The maximum Gasteiger partial charge on any atom is 0.410 e. The largest absolute Gasteiger partial charge is 0.496 e. The summed E-state index contributed by atoms with van der Waals surface area (Å²) in [6, 6.07) is 8.17. The Morgan fingerprint density at radius 1 is 1.32 bits per heavy atom. The number of nitrogens with zero attached hydrogens (tertiary/aromatic N) is 3. The van der Waals surface area contributed by atoms with E-state index in [-0.39, 0.29) is 18.5 Å². The van der Waals surface area contributed by atoms with Gasteiger partial charge in [-0.1, -0.05) is 18.2 Å². The van der Waals surface area contributed by atoms with E-state index >= 15 is 0 Å². The molecular weight excluding hydrogens is 358 g/mol. The third-order valence-electron chi connectivity index (χ3n) is 5.62. The Balaban J connectivity index is 1.45. The summed E-state index contributed by atoms with van der Waals surface area (Å²) in [5.41, 5.74) is 1.23. The highest BCUT2D eigenvalue weighted by Gasteiger charge is 2.27. The Morgan fingerprint density at radius 3 is 2.89 bits per heavy atom. The van der Waals surface area contributed by atoms with Crippen LogP contribution in [0, 0.1) is 5.92 Å². The van der Waals surface area contributed by atoms with Crippen molar-refractivity contribution >= 4 is 12.0 Å². The van der Waals surface area contributed by atoms with Crippen molar-refractivity contribution in [3.63, 3.8) is 0 Å². The summed E-state index contributed by atoms with van der Waals surface area (Å²) in [6.07, 6.45) is 2.86. The molecule has 2 aliphatic rings. The van der Waals surface area contributed by atoms with Crippen LogP contribution in [0.4, 0.5) is 4.79 Å². The Labute approximate surface area is 167 Å². The zero-order chi connectivity index (χ0) is 19.9. The summed E-state index contributed by atoms with van der Waals surface area (Å²) < 4.78 is 10.3. The Hall–Kier alpha value is -2.28. The predicted molar refractivity (Wildman–Crippen MR) is 106 cm³/mol. The summed E-state index contributed by atoms with van der Waals surface area (Å²) in [5.74, 6) is 1.39. The number of piperidine rings is 1. The van der Waals surface area contributed by atoms with Crippen LogP contribution < -0.4 is 4.74 Å². The number of likely N-dealkylation sites (tertiary alicyclic amines) is 1. The van der Waals surface area contributed by atoms with Crippen LogP contribution in [0.15, 0.2) is 24.3 Å². The molecule has 2 fully saturated rings. The number of hydrogen-bond acceptors (Lipinski definition) is 5. The fourth-order valence-electron chi connectivity index (χ4n) is 4.03. The molecular formula is C21H31N3O4. The van der Waals surface area contributed by atoms with Gasteiger partial charge in [0.25, 0.3) is 0 Å². The molecule has 0 unspecified atom stereocenters. The van der Waals surface area contributed by atoms with Crippen LogP contribution in [-0.2, 0) is 16.0 Å². The van der Waals surface area contributed by atoms with Crippen molar-refractivity contribution in [2.45, 2.75) is 19.3 Å². The fourth-order valence-corrected chi connectivity index (χ4v) is 4.03. The van der Waals surface area contributed by atoms with Gasteiger partial charge in [0.1, 0.15) is 18.9 Å². The minimum atomic E-state index is -0.387. The molecule has 0 N–H and O–H groups in total.